The molecule has 0 spiro atoms. The van der Waals surface area contributed by atoms with Crippen LogP contribution >= 0.6 is 0 Å². The van der Waals surface area contributed by atoms with E-state index in [1.54, 1.807) is 32.3 Å². The molecule has 1 fully saturated rings. The highest BCUT2D eigenvalue weighted by Gasteiger charge is 2.40. The van der Waals surface area contributed by atoms with Crippen molar-refractivity contribution < 1.29 is 18.8 Å². The maximum absolute atomic E-state index is 13.9. The molecular weight excluding hydrogens is 399 g/mol. The summed E-state index contributed by atoms with van der Waals surface area (Å²) < 4.78 is 13.9. The molecule has 1 N–H and O–H groups in total. The van der Waals surface area contributed by atoms with E-state index in [-0.39, 0.29) is 30.1 Å². The van der Waals surface area contributed by atoms with Crippen molar-refractivity contribution in [2.75, 3.05) is 42.3 Å². The number of hydrogen-bond donors (Lipinski definition) is 1. The average molecular weight is 424 g/mol. The minimum absolute atomic E-state index is 0.0630. The van der Waals surface area contributed by atoms with Crippen LogP contribution < -0.4 is 15.1 Å². The molecule has 1 unspecified atom stereocenters. The number of amides is 3. The van der Waals surface area contributed by atoms with Crippen LogP contribution in [0.2, 0.25) is 0 Å². The van der Waals surface area contributed by atoms with E-state index in [4.69, 9.17) is 0 Å². The Hall–Kier alpha value is -3.42. The van der Waals surface area contributed by atoms with Gasteiger partial charge >= 0.3 is 0 Å². The number of hydrogen-bond acceptors (Lipinski definition) is 4. The average Bonchev–Trinajstić information content (AvgIpc) is 2.77. The third-order valence-electron chi connectivity index (χ3n) is 5.73. The van der Waals surface area contributed by atoms with E-state index in [0.717, 1.165) is 25.1 Å². The summed E-state index contributed by atoms with van der Waals surface area (Å²) in [5.74, 6) is -1.41. The van der Waals surface area contributed by atoms with E-state index < -0.39 is 11.7 Å². The Morgan fingerprint density at radius 1 is 1.13 bits per heavy atom. The Labute approximate surface area is 180 Å². The van der Waals surface area contributed by atoms with Crippen molar-refractivity contribution in [3.8, 4) is 0 Å². The molecule has 2 aromatic rings. The number of carbonyl (C=O) groups excluding carboxylic acids is 3. The number of rotatable bonds is 4. The molecule has 7 nitrogen and oxygen atoms in total. The summed E-state index contributed by atoms with van der Waals surface area (Å²) in [5.41, 5.74) is 1.86. The topological polar surface area (TPSA) is 73.0 Å². The summed E-state index contributed by atoms with van der Waals surface area (Å²) in [5, 5.41) is 2.54. The van der Waals surface area contributed by atoms with Gasteiger partial charge in [0.2, 0.25) is 11.8 Å². The van der Waals surface area contributed by atoms with Gasteiger partial charge in [0.15, 0.2) is 0 Å². The summed E-state index contributed by atoms with van der Waals surface area (Å²) in [4.78, 5) is 43.5. The van der Waals surface area contributed by atoms with Gasteiger partial charge in [0.1, 0.15) is 18.4 Å². The third-order valence-corrected chi connectivity index (χ3v) is 5.73. The Kier molecular flexibility index (Phi) is 5.63. The minimum atomic E-state index is -0.543. The van der Waals surface area contributed by atoms with Gasteiger partial charge in [0.05, 0.1) is 17.1 Å². The maximum Gasteiger partial charge on any atom is 0.253 e. The minimum Gasteiger partial charge on any atom is -0.358 e. The fourth-order valence-electron chi connectivity index (χ4n) is 4.21. The van der Waals surface area contributed by atoms with Crippen molar-refractivity contribution >= 4 is 34.8 Å². The second-order valence-corrected chi connectivity index (χ2v) is 8.06. The number of benzene rings is 2. The second-order valence-electron chi connectivity index (χ2n) is 8.06. The molecule has 1 atom stereocenters. The van der Waals surface area contributed by atoms with Crippen LogP contribution in [-0.4, -0.2) is 55.8 Å². The molecule has 8 heteroatoms. The largest absolute Gasteiger partial charge is 0.358 e. The van der Waals surface area contributed by atoms with Crippen LogP contribution in [0.4, 0.5) is 21.5 Å². The van der Waals surface area contributed by atoms with Gasteiger partial charge in [-0.15, -0.1) is 0 Å². The van der Waals surface area contributed by atoms with Crippen molar-refractivity contribution in [2.24, 2.45) is 0 Å². The molecular formula is C23H25FN4O3. The van der Waals surface area contributed by atoms with Gasteiger partial charge in [-0.3, -0.25) is 19.3 Å². The zero-order valence-corrected chi connectivity index (χ0v) is 17.6. The lowest BCUT2D eigenvalue weighted by Gasteiger charge is -2.45. The predicted octanol–water partition coefficient (Wildman–Crippen LogP) is 2.87. The molecule has 2 aliphatic heterocycles. The summed E-state index contributed by atoms with van der Waals surface area (Å²) in [6.45, 7) is 0.490. The molecule has 0 radical (unpaired) electrons. The van der Waals surface area contributed by atoms with Crippen LogP contribution in [0.5, 0.6) is 0 Å². The Morgan fingerprint density at radius 3 is 2.65 bits per heavy atom. The monoisotopic (exact) mass is 424 g/mol. The van der Waals surface area contributed by atoms with Crippen LogP contribution in [0.3, 0.4) is 0 Å². The molecule has 0 aliphatic carbocycles. The summed E-state index contributed by atoms with van der Waals surface area (Å²) in [7, 11) is 3.32. The quantitative estimate of drug-likeness (QED) is 0.819. The molecule has 1 saturated heterocycles. The first-order valence-corrected chi connectivity index (χ1v) is 10.3. The third kappa shape index (κ3) is 3.97. The Morgan fingerprint density at radius 2 is 1.90 bits per heavy atom. The number of piperidine rings is 1. The zero-order valence-electron chi connectivity index (χ0n) is 17.6. The van der Waals surface area contributed by atoms with E-state index in [1.165, 1.54) is 28.0 Å². The van der Waals surface area contributed by atoms with Crippen molar-refractivity contribution in [2.45, 2.75) is 25.3 Å². The number of para-hydroxylation sites is 1. The van der Waals surface area contributed by atoms with Crippen LogP contribution in [-0.2, 0) is 9.59 Å². The van der Waals surface area contributed by atoms with Gasteiger partial charge in [-0.2, -0.15) is 0 Å². The number of carbonyl (C=O) groups is 3. The van der Waals surface area contributed by atoms with Crippen LogP contribution in [0, 0.1) is 5.82 Å². The number of nitrogens with one attached hydrogen (secondary N) is 1. The zero-order chi connectivity index (χ0) is 22.1. The van der Waals surface area contributed by atoms with Gasteiger partial charge in [-0.05, 0) is 49.6 Å². The number of fused-ring (bicyclic) bond motifs is 3. The van der Waals surface area contributed by atoms with Crippen molar-refractivity contribution in [1.82, 2.24) is 4.90 Å². The van der Waals surface area contributed by atoms with Crippen LogP contribution in [0.1, 0.15) is 29.6 Å². The molecule has 2 aromatic carbocycles. The lowest BCUT2D eigenvalue weighted by Crippen LogP contribution is -2.56. The molecule has 0 bridgehead atoms. The molecule has 3 amide bonds. The highest BCUT2D eigenvalue weighted by atomic mass is 19.1. The Bertz CT molecular complexity index is 1040. The second kappa shape index (κ2) is 8.37. The van der Waals surface area contributed by atoms with E-state index in [0.29, 0.717) is 17.7 Å². The fourth-order valence-corrected chi connectivity index (χ4v) is 4.21. The van der Waals surface area contributed by atoms with Crippen LogP contribution in [0.25, 0.3) is 0 Å². The van der Waals surface area contributed by atoms with E-state index in [1.807, 2.05) is 6.07 Å². The summed E-state index contributed by atoms with van der Waals surface area (Å²) in [6.07, 6.45) is 2.63. The Balaban J connectivity index is 1.68. The first kappa shape index (κ1) is 20.8. The van der Waals surface area contributed by atoms with Crippen molar-refractivity contribution in [3.63, 3.8) is 0 Å². The molecule has 162 valence electrons. The molecule has 0 aromatic heterocycles. The lowest BCUT2D eigenvalue weighted by atomic mass is 9.95. The van der Waals surface area contributed by atoms with E-state index in [2.05, 4.69) is 10.2 Å². The maximum atomic E-state index is 13.9. The van der Waals surface area contributed by atoms with Gasteiger partial charge in [0.25, 0.3) is 5.91 Å². The van der Waals surface area contributed by atoms with Gasteiger partial charge in [0, 0.05) is 26.2 Å². The predicted molar refractivity (Wildman–Crippen MR) is 117 cm³/mol. The fraction of sp³-hybridized carbons (Fsp3) is 0.348. The number of anilines is 3. The SMILES string of the molecule is CN(C)C(=O)c1ccc2c(c1)N(CC(=O)Nc1ccccc1F)C(=O)C1CCCCN21. The van der Waals surface area contributed by atoms with Crippen molar-refractivity contribution in [1.29, 1.82) is 0 Å². The normalized spacial score (nSPS) is 17.6. The van der Waals surface area contributed by atoms with E-state index in [9.17, 15) is 18.8 Å². The lowest BCUT2D eigenvalue weighted by molar-refractivity contribution is -0.123. The van der Waals surface area contributed by atoms with Gasteiger partial charge in [-0.1, -0.05) is 12.1 Å². The summed E-state index contributed by atoms with van der Waals surface area (Å²) >= 11 is 0. The van der Waals surface area contributed by atoms with Gasteiger partial charge in [-0.25, -0.2) is 4.39 Å². The molecule has 0 saturated carbocycles. The van der Waals surface area contributed by atoms with Gasteiger partial charge < -0.3 is 15.1 Å². The van der Waals surface area contributed by atoms with Crippen LogP contribution in [0.15, 0.2) is 42.5 Å². The van der Waals surface area contributed by atoms with Crippen molar-refractivity contribution in [3.05, 3.63) is 53.8 Å². The van der Waals surface area contributed by atoms with E-state index >= 15 is 0 Å². The number of nitrogens with zero attached hydrogens (tertiary/aromatic N) is 3. The first-order valence-electron chi connectivity index (χ1n) is 10.3. The number of halogens is 1. The highest BCUT2D eigenvalue weighted by molar-refractivity contribution is 6.11. The first-order chi connectivity index (χ1) is 14.9. The molecule has 2 heterocycles. The smallest absolute Gasteiger partial charge is 0.253 e. The molecule has 4 rings (SSSR count). The highest BCUT2D eigenvalue weighted by Crippen LogP contribution is 2.40. The summed E-state index contributed by atoms with van der Waals surface area (Å²) in [6, 6.07) is 10.8. The molecule has 2 aliphatic rings. The standard InChI is InChI=1S/C23H25FN4O3/c1-26(2)22(30)15-10-11-18-20(13-15)28(23(31)19-9-5-6-12-27(18)19)14-21(29)25-17-8-4-3-7-16(17)24/h3-4,7-8,10-11,13,19H,5-6,9,12,14H2,1-2H3,(H,25,29). The molecule has 31 heavy (non-hydrogen) atoms.